The van der Waals surface area contributed by atoms with Crippen LogP contribution in [0, 0.1) is 6.92 Å². The van der Waals surface area contributed by atoms with Gasteiger partial charge in [-0.1, -0.05) is 31.5 Å². The minimum absolute atomic E-state index is 0.331. The molecule has 21 heavy (non-hydrogen) atoms. The molecule has 0 radical (unpaired) electrons. The van der Waals surface area contributed by atoms with Crippen LogP contribution in [-0.2, 0) is 9.31 Å². The van der Waals surface area contributed by atoms with Crippen molar-refractivity contribution in [3.05, 3.63) is 23.8 Å². The van der Waals surface area contributed by atoms with Gasteiger partial charge in [0.15, 0.2) is 0 Å². The lowest BCUT2D eigenvalue weighted by atomic mass is 9.77. The first-order valence-electron chi connectivity index (χ1n) is 7.86. The molecule has 1 aliphatic heterocycles. The summed E-state index contributed by atoms with van der Waals surface area (Å²) in [5, 5.41) is 0. The standard InChI is InChI=1S/C17H27BO3/c1-7-8-12-19-15-13(2)10-9-11-14(15)18-20-16(3,4)17(5,6)21-18/h9-11H,7-8,12H2,1-6H3. The monoisotopic (exact) mass is 290 g/mol. The van der Waals surface area contributed by atoms with Gasteiger partial charge in [-0.15, -0.1) is 0 Å². The topological polar surface area (TPSA) is 27.7 Å². The van der Waals surface area contributed by atoms with E-state index in [2.05, 4.69) is 47.6 Å². The molecule has 3 nitrogen and oxygen atoms in total. The van der Waals surface area contributed by atoms with Crippen LogP contribution < -0.4 is 10.2 Å². The number of hydrogen-bond donors (Lipinski definition) is 0. The van der Waals surface area contributed by atoms with E-state index < -0.39 is 0 Å². The van der Waals surface area contributed by atoms with Crippen molar-refractivity contribution < 1.29 is 14.0 Å². The molecule has 0 amide bonds. The molecule has 0 saturated carbocycles. The quantitative estimate of drug-likeness (QED) is 0.614. The van der Waals surface area contributed by atoms with Gasteiger partial charge in [0.1, 0.15) is 5.75 Å². The Morgan fingerprint density at radius 1 is 1.10 bits per heavy atom. The van der Waals surface area contributed by atoms with Crippen LogP contribution in [0.4, 0.5) is 0 Å². The first-order chi connectivity index (χ1) is 9.78. The fourth-order valence-corrected chi connectivity index (χ4v) is 2.35. The van der Waals surface area contributed by atoms with Crippen molar-refractivity contribution in [2.24, 2.45) is 0 Å². The largest absolute Gasteiger partial charge is 0.498 e. The van der Waals surface area contributed by atoms with E-state index in [4.69, 9.17) is 14.0 Å². The molecule has 4 heteroatoms. The van der Waals surface area contributed by atoms with Gasteiger partial charge in [-0.05, 0) is 46.6 Å². The maximum Gasteiger partial charge on any atom is 0.498 e. The van der Waals surface area contributed by atoms with E-state index in [-0.39, 0.29) is 18.3 Å². The number of rotatable bonds is 5. The molecular weight excluding hydrogens is 263 g/mol. The molecule has 1 fully saturated rings. The van der Waals surface area contributed by atoms with Crippen LogP contribution in [0.2, 0.25) is 0 Å². The summed E-state index contributed by atoms with van der Waals surface area (Å²) in [4.78, 5) is 0. The molecule has 1 aliphatic rings. The first kappa shape index (κ1) is 16.4. The molecule has 1 aromatic rings. The molecule has 0 spiro atoms. The number of ether oxygens (including phenoxy) is 1. The first-order valence-corrected chi connectivity index (χ1v) is 7.86. The molecule has 116 valence electrons. The Kier molecular flexibility index (Phi) is 4.69. The Bertz CT molecular complexity index is 481. The van der Waals surface area contributed by atoms with Gasteiger partial charge in [0.2, 0.25) is 0 Å². The van der Waals surface area contributed by atoms with E-state index in [1.165, 1.54) is 0 Å². The van der Waals surface area contributed by atoms with Gasteiger partial charge in [-0.2, -0.15) is 0 Å². The Hall–Kier alpha value is -0.995. The van der Waals surface area contributed by atoms with Crippen LogP contribution >= 0.6 is 0 Å². The molecule has 0 atom stereocenters. The summed E-state index contributed by atoms with van der Waals surface area (Å²) >= 11 is 0. The number of para-hydroxylation sites is 1. The van der Waals surface area contributed by atoms with Crippen LogP contribution in [0.5, 0.6) is 5.75 Å². The van der Waals surface area contributed by atoms with Gasteiger partial charge < -0.3 is 14.0 Å². The van der Waals surface area contributed by atoms with E-state index >= 15 is 0 Å². The molecule has 0 aromatic heterocycles. The highest BCUT2D eigenvalue weighted by atomic mass is 16.7. The Morgan fingerprint density at radius 3 is 2.29 bits per heavy atom. The van der Waals surface area contributed by atoms with Gasteiger partial charge in [0.25, 0.3) is 0 Å². The lowest BCUT2D eigenvalue weighted by molar-refractivity contribution is 0.00578. The summed E-state index contributed by atoms with van der Waals surface area (Å²) in [6, 6.07) is 6.13. The fourth-order valence-electron chi connectivity index (χ4n) is 2.35. The van der Waals surface area contributed by atoms with Crippen LogP contribution in [0.25, 0.3) is 0 Å². The zero-order valence-corrected chi connectivity index (χ0v) is 14.2. The zero-order valence-electron chi connectivity index (χ0n) is 14.2. The third-order valence-electron chi connectivity index (χ3n) is 4.49. The third kappa shape index (κ3) is 3.27. The lowest BCUT2D eigenvalue weighted by Crippen LogP contribution is -2.41. The highest BCUT2D eigenvalue weighted by molar-refractivity contribution is 6.63. The van der Waals surface area contributed by atoms with Gasteiger partial charge >= 0.3 is 7.12 Å². The molecule has 1 heterocycles. The zero-order chi connectivity index (χ0) is 15.7. The normalized spacial score (nSPS) is 19.8. The highest BCUT2D eigenvalue weighted by Crippen LogP contribution is 2.37. The van der Waals surface area contributed by atoms with Gasteiger partial charge in [-0.3, -0.25) is 0 Å². The molecule has 2 rings (SSSR count). The average molecular weight is 290 g/mol. The molecule has 0 bridgehead atoms. The average Bonchev–Trinajstić information content (AvgIpc) is 2.60. The Morgan fingerprint density at radius 2 is 1.71 bits per heavy atom. The second kappa shape index (κ2) is 6.01. The SMILES string of the molecule is CCCCOc1c(C)cccc1B1OC(C)(C)C(C)(C)O1. The summed E-state index contributed by atoms with van der Waals surface area (Å²) < 4.78 is 18.3. The van der Waals surface area contributed by atoms with E-state index in [1.54, 1.807) is 0 Å². The van der Waals surface area contributed by atoms with E-state index in [0.717, 1.165) is 36.2 Å². The number of aryl methyl sites for hydroxylation is 1. The lowest BCUT2D eigenvalue weighted by Gasteiger charge is -2.32. The summed E-state index contributed by atoms with van der Waals surface area (Å²) in [5.74, 6) is 0.907. The van der Waals surface area contributed by atoms with Crippen molar-refractivity contribution >= 4 is 12.6 Å². The third-order valence-corrected chi connectivity index (χ3v) is 4.49. The van der Waals surface area contributed by atoms with E-state index in [9.17, 15) is 0 Å². The van der Waals surface area contributed by atoms with Crippen molar-refractivity contribution in [2.75, 3.05) is 6.61 Å². The van der Waals surface area contributed by atoms with Crippen molar-refractivity contribution in [3.63, 3.8) is 0 Å². The minimum Gasteiger partial charge on any atom is -0.494 e. The van der Waals surface area contributed by atoms with E-state index in [0.29, 0.717) is 0 Å². The summed E-state index contributed by atoms with van der Waals surface area (Å²) in [7, 11) is -0.369. The van der Waals surface area contributed by atoms with Crippen LogP contribution in [-0.4, -0.2) is 24.9 Å². The molecule has 0 aliphatic carbocycles. The predicted octanol–water partition coefficient (Wildman–Crippen LogP) is 3.47. The minimum atomic E-state index is -0.369. The fraction of sp³-hybridized carbons (Fsp3) is 0.647. The number of hydrogen-bond acceptors (Lipinski definition) is 3. The van der Waals surface area contributed by atoms with Crippen LogP contribution in [0.3, 0.4) is 0 Å². The molecule has 0 N–H and O–H groups in total. The Labute approximate surface area is 129 Å². The smallest absolute Gasteiger partial charge is 0.494 e. The van der Waals surface area contributed by atoms with Crippen molar-refractivity contribution in [1.82, 2.24) is 0 Å². The van der Waals surface area contributed by atoms with Gasteiger partial charge in [0.05, 0.1) is 17.8 Å². The summed E-state index contributed by atoms with van der Waals surface area (Å²) in [6.45, 7) is 13.2. The second-order valence-corrected chi connectivity index (χ2v) is 6.78. The molecule has 1 aromatic carbocycles. The van der Waals surface area contributed by atoms with Crippen LogP contribution in [0.15, 0.2) is 18.2 Å². The van der Waals surface area contributed by atoms with Crippen molar-refractivity contribution in [2.45, 2.75) is 65.6 Å². The predicted molar refractivity (Wildman–Crippen MR) is 87.3 cm³/mol. The van der Waals surface area contributed by atoms with Crippen molar-refractivity contribution in [1.29, 1.82) is 0 Å². The van der Waals surface area contributed by atoms with Crippen LogP contribution in [0.1, 0.15) is 53.0 Å². The molecular formula is C17H27BO3. The van der Waals surface area contributed by atoms with Crippen molar-refractivity contribution in [3.8, 4) is 5.75 Å². The van der Waals surface area contributed by atoms with Gasteiger partial charge in [0, 0.05) is 5.46 Å². The Balaban J connectivity index is 2.26. The van der Waals surface area contributed by atoms with Gasteiger partial charge in [-0.25, -0.2) is 0 Å². The maximum absolute atomic E-state index is 6.15. The molecule has 1 saturated heterocycles. The summed E-state index contributed by atoms with van der Waals surface area (Å²) in [5.41, 5.74) is 1.45. The summed E-state index contributed by atoms with van der Waals surface area (Å²) in [6.07, 6.45) is 2.18. The van der Waals surface area contributed by atoms with E-state index in [1.807, 2.05) is 12.1 Å². The maximum atomic E-state index is 6.15. The molecule has 0 unspecified atom stereocenters. The number of unbranched alkanes of at least 4 members (excludes halogenated alkanes) is 1. The second-order valence-electron chi connectivity index (χ2n) is 6.78. The number of benzene rings is 1. The highest BCUT2D eigenvalue weighted by Gasteiger charge is 2.52.